The highest BCUT2D eigenvalue weighted by Crippen LogP contribution is 2.34. The number of halogens is 2. The second-order valence-electron chi connectivity index (χ2n) is 4.24. The third kappa shape index (κ3) is 2.58. The van der Waals surface area contributed by atoms with Gasteiger partial charge in [0.1, 0.15) is 5.82 Å². The molecule has 0 spiro atoms. The minimum Gasteiger partial charge on any atom is -0.207 e. The number of aryl methyl sites for hydroxylation is 2. The molecule has 0 radical (unpaired) electrons. The maximum atomic E-state index is 13.7. The molecule has 2 aromatic carbocycles. The van der Waals surface area contributed by atoms with E-state index < -0.39 is 0 Å². The molecule has 17 heavy (non-hydrogen) atoms. The van der Waals surface area contributed by atoms with Gasteiger partial charge in [-0.2, -0.15) is 0 Å². The van der Waals surface area contributed by atoms with Crippen LogP contribution in [-0.2, 0) is 0 Å². The van der Waals surface area contributed by atoms with Crippen molar-refractivity contribution in [1.29, 1.82) is 0 Å². The standard InChI is InChI=1S/C15H14BrF/c1-10-7-8-11(2)13(9-10)15(16)12-5-3-4-6-14(12)17/h3-9,15H,1-2H3. The molecule has 2 rings (SSSR count). The molecule has 0 N–H and O–H groups in total. The minimum absolute atomic E-state index is 0.0939. The van der Waals surface area contributed by atoms with Crippen molar-refractivity contribution in [2.45, 2.75) is 18.7 Å². The topological polar surface area (TPSA) is 0 Å². The molecule has 0 aliphatic carbocycles. The van der Waals surface area contributed by atoms with Crippen molar-refractivity contribution < 1.29 is 4.39 Å². The number of hydrogen-bond donors (Lipinski definition) is 0. The fourth-order valence-corrected chi connectivity index (χ4v) is 2.75. The van der Waals surface area contributed by atoms with E-state index in [1.807, 2.05) is 26.0 Å². The summed E-state index contributed by atoms with van der Waals surface area (Å²) >= 11 is 3.59. The fourth-order valence-electron chi connectivity index (χ4n) is 1.88. The number of hydrogen-bond acceptors (Lipinski definition) is 0. The number of rotatable bonds is 2. The van der Waals surface area contributed by atoms with Gasteiger partial charge in [-0.05, 0) is 31.0 Å². The van der Waals surface area contributed by atoms with Crippen molar-refractivity contribution in [3.05, 3.63) is 70.5 Å². The van der Waals surface area contributed by atoms with Gasteiger partial charge in [0.2, 0.25) is 0 Å². The maximum absolute atomic E-state index is 13.7. The Hall–Kier alpha value is -1.15. The van der Waals surface area contributed by atoms with Gasteiger partial charge < -0.3 is 0 Å². The van der Waals surface area contributed by atoms with E-state index in [4.69, 9.17) is 0 Å². The quantitative estimate of drug-likeness (QED) is 0.689. The highest BCUT2D eigenvalue weighted by Gasteiger charge is 2.16. The molecule has 0 fully saturated rings. The van der Waals surface area contributed by atoms with Crippen molar-refractivity contribution >= 4 is 15.9 Å². The number of alkyl halides is 1. The van der Waals surface area contributed by atoms with E-state index in [9.17, 15) is 4.39 Å². The van der Waals surface area contributed by atoms with Crippen LogP contribution in [0.5, 0.6) is 0 Å². The zero-order valence-electron chi connectivity index (χ0n) is 9.87. The van der Waals surface area contributed by atoms with Gasteiger partial charge in [0.25, 0.3) is 0 Å². The zero-order valence-corrected chi connectivity index (χ0v) is 11.5. The summed E-state index contributed by atoms with van der Waals surface area (Å²) in [7, 11) is 0. The van der Waals surface area contributed by atoms with Crippen LogP contribution in [0.3, 0.4) is 0 Å². The monoisotopic (exact) mass is 292 g/mol. The smallest absolute Gasteiger partial charge is 0.127 e. The highest BCUT2D eigenvalue weighted by atomic mass is 79.9. The molecule has 0 nitrogen and oxygen atoms in total. The lowest BCUT2D eigenvalue weighted by Gasteiger charge is -2.15. The molecule has 0 aliphatic heterocycles. The van der Waals surface area contributed by atoms with Crippen molar-refractivity contribution in [2.75, 3.05) is 0 Å². The number of benzene rings is 2. The predicted octanol–water partition coefficient (Wildman–Crippen LogP) is 4.93. The molecule has 1 atom stereocenters. The van der Waals surface area contributed by atoms with E-state index in [1.165, 1.54) is 17.2 Å². The van der Waals surface area contributed by atoms with Gasteiger partial charge in [0.15, 0.2) is 0 Å². The van der Waals surface area contributed by atoms with Crippen LogP contribution in [0, 0.1) is 19.7 Å². The lowest BCUT2D eigenvalue weighted by Crippen LogP contribution is -1.99. The Balaban J connectivity index is 2.47. The summed E-state index contributed by atoms with van der Waals surface area (Å²) in [5.74, 6) is -0.171. The first kappa shape index (κ1) is 12.3. The first-order chi connectivity index (χ1) is 8.09. The van der Waals surface area contributed by atoms with Gasteiger partial charge in [-0.15, -0.1) is 0 Å². The van der Waals surface area contributed by atoms with Crippen molar-refractivity contribution in [1.82, 2.24) is 0 Å². The van der Waals surface area contributed by atoms with E-state index in [-0.39, 0.29) is 10.6 Å². The third-order valence-electron chi connectivity index (χ3n) is 2.89. The van der Waals surface area contributed by atoms with E-state index in [0.29, 0.717) is 5.56 Å². The van der Waals surface area contributed by atoms with Crippen LogP contribution in [0.25, 0.3) is 0 Å². The Labute approximate surface area is 110 Å². The van der Waals surface area contributed by atoms with E-state index in [2.05, 4.69) is 34.1 Å². The van der Waals surface area contributed by atoms with Gasteiger partial charge in [0, 0.05) is 5.56 Å². The largest absolute Gasteiger partial charge is 0.207 e. The molecule has 0 aliphatic rings. The summed E-state index contributed by atoms with van der Waals surface area (Å²) in [6, 6.07) is 13.1. The van der Waals surface area contributed by atoms with Crippen LogP contribution in [0.15, 0.2) is 42.5 Å². The van der Waals surface area contributed by atoms with Crippen molar-refractivity contribution in [3.8, 4) is 0 Å². The SMILES string of the molecule is Cc1ccc(C)c(C(Br)c2ccccc2F)c1. The average molecular weight is 293 g/mol. The van der Waals surface area contributed by atoms with Gasteiger partial charge in [-0.25, -0.2) is 4.39 Å². The first-order valence-electron chi connectivity index (χ1n) is 5.55. The molecular formula is C15H14BrF. The summed E-state index contributed by atoms with van der Waals surface area (Å²) in [6.45, 7) is 4.09. The molecule has 2 heteroatoms. The maximum Gasteiger partial charge on any atom is 0.127 e. The molecule has 0 saturated carbocycles. The molecule has 0 aromatic heterocycles. The molecular weight excluding hydrogens is 279 g/mol. The highest BCUT2D eigenvalue weighted by molar-refractivity contribution is 9.09. The third-order valence-corrected chi connectivity index (χ3v) is 3.87. The normalized spacial score (nSPS) is 12.5. The van der Waals surface area contributed by atoms with Gasteiger partial charge >= 0.3 is 0 Å². The summed E-state index contributed by atoms with van der Waals surface area (Å²) in [5, 5.41) is 0. The van der Waals surface area contributed by atoms with Crippen LogP contribution in [0.2, 0.25) is 0 Å². The second-order valence-corrected chi connectivity index (χ2v) is 5.16. The van der Waals surface area contributed by atoms with Gasteiger partial charge in [0.05, 0.1) is 4.83 Å². The Kier molecular flexibility index (Phi) is 3.63. The second kappa shape index (κ2) is 5.01. The predicted molar refractivity (Wildman–Crippen MR) is 73.1 cm³/mol. The van der Waals surface area contributed by atoms with Gasteiger partial charge in [-0.3, -0.25) is 0 Å². The first-order valence-corrected chi connectivity index (χ1v) is 6.47. The Bertz CT molecular complexity index is 534. The Morgan fingerprint density at radius 1 is 1.00 bits per heavy atom. The zero-order chi connectivity index (χ0) is 12.4. The van der Waals surface area contributed by atoms with Crippen LogP contribution in [0.4, 0.5) is 4.39 Å². The van der Waals surface area contributed by atoms with Crippen molar-refractivity contribution in [3.63, 3.8) is 0 Å². The summed E-state index contributed by atoms with van der Waals surface area (Å²) < 4.78 is 13.7. The molecule has 0 heterocycles. The van der Waals surface area contributed by atoms with Crippen molar-refractivity contribution in [2.24, 2.45) is 0 Å². The summed E-state index contributed by atoms with van der Waals surface area (Å²) in [6.07, 6.45) is 0. The lowest BCUT2D eigenvalue weighted by atomic mass is 9.98. The van der Waals surface area contributed by atoms with E-state index in [1.54, 1.807) is 6.07 Å². The van der Waals surface area contributed by atoms with Crippen LogP contribution in [-0.4, -0.2) is 0 Å². The summed E-state index contributed by atoms with van der Waals surface area (Å²) in [5.41, 5.74) is 4.16. The summed E-state index contributed by atoms with van der Waals surface area (Å²) in [4.78, 5) is -0.0939. The molecule has 0 saturated heterocycles. The van der Waals surface area contributed by atoms with E-state index in [0.717, 1.165) is 5.56 Å². The van der Waals surface area contributed by atoms with Crippen LogP contribution in [0.1, 0.15) is 27.1 Å². The Morgan fingerprint density at radius 2 is 1.71 bits per heavy atom. The molecule has 0 bridgehead atoms. The Morgan fingerprint density at radius 3 is 2.41 bits per heavy atom. The average Bonchev–Trinajstić information content (AvgIpc) is 2.32. The minimum atomic E-state index is -0.171. The lowest BCUT2D eigenvalue weighted by molar-refractivity contribution is 0.613. The van der Waals surface area contributed by atoms with Gasteiger partial charge in [-0.1, -0.05) is 57.9 Å². The molecule has 2 aromatic rings. The molecule has 88 valence electrons. The van der Waals surface area contributed by atoms with Crippen LogP contribution >= 0.6 is 15.9 Å². The van der Waals surface area contributed by atoms with E-state index >= 15 is 0 Å². The molecule has 1 unspecified atom stereocenters. The molecule has 0 amide bonds. The fraction of sp³-hybridized carbons (Fsp3) is 0.200. The van der Waals surface area contributed by atoms with Crippen LogP contribution < -0.4 is 0 Å².